The van der Waals surface area contributed by atoms with Gasteiger partial charge in [-0.15, -0.1) is 10.2 Å². The van der Waals surface area contributed by atoms with Crippen LogP contribution in [0.4, 0.5) is 11.4 Å². The number of non-ortho nitro benzene ring substituents is 1. The number of benzene rings is 1. The normalized spacial score (nSPS) is 10.4. The SMILES string of the molecule is O=[N+]([O-])c1ccc(NCCCCn2cnnc2)c(Cl)c1. The van der Waals surface area contributed by atoms with E-state index in [-0.39, 0.29) is 5.69 Å². The summed E-state index contributed by atoms with van der Waals surface area (Å²) in [4.78, 5) is 10.1. The summed E-state index contributed by atoms with van der Waals surface area (Å²) in [6.07, 6.45) is 5.29. The molecule has 7 nitrogen and oxygen atoms in total. The van der Waals surface area contributed by atoms with Gasteiger partial charge in [0.05, 0.1) is 15.6 Å². The first-order chi connectivity index (χ1) is 9.66. The highest BCUT2D eigenvalue weighted by molar-refractivity contribution is 6.33. The Morgan fingerprint density at radius 3 is 2.70 bits per heavy atom. The molecule has 0 aliphatic carbocycles. The summed E-state index contributed by atoms with van der Waals surface area (Å²) in [5.41, 5.74) is 0.703. The summed E-state index contributed by atoms with van der Waals surface area (Å²) in [5.74, 6) is 0. The number of rotatable bonds is 7. The van der Waals surface area contributed by atoms with E-state index in [4.69, 9.17) is 11.6 Å². The lowest BCUT2D eigenvalue weighted by Gasteiger charge is -2.08. The van der Waals surface area contributed by atoms with Crippen LogP contribution in [-0.2, 0) is 6.54 Å². The minimum Gasteiger partial charge on any atom is -0.384 e. The molecule has 0 atom stereocenters. The van der Waals surface area contributed by atoms with Crippen molar-refractivity contribution in [2.45, 2.75) is 19.4 Å². The van der Waals surface area contributed by atoms with Crippen molar-refractivity contribution in [1.29, 1.82) is 0 Å². The number of unbranched alkanes of at least 4 members (excludes halogenated alkanes) is 1. The van der Waals surface area contributed by atoms with Crippen LogP contribution in [0.5, 0.6) is 0 Å². The topological polar surface area (TPSA) is 85.9 Å². The molecule has 1 aromatic carbocycles. The van der Waals surface area contributed by atoms with Gasteiger partial charge in [-0.2, -0.15) is 0 Å². The zero-order valence-corrected chi connectivity index (χ0v) is 11.5. The van der Waals surface area contributed by atoms with Gasteiger partial charge in [0.2, 0.25) is 0 Å². The van der Waals surface area contributed by atoms with Crippen molar-refractivity contribution in [1.82, 2.24) is 14.8 Å². The lowest BCUT2D eigenvalue weighted by molar-refractivity contribution is -0.384. The van der Waals surface area contributed by atoms with E-state index in [1.807, 2.05) is 4.57 Å². The van der Waals surface area contributed by atoms with E-state index in [0.29, 0.717) is 10.7 Å². The molecule has 1 N–H and O–H groups in total. The van der Waals surface area contributed by atoms with Crippen molar-refractivity contribution in [2.75, 3.05) is 11.9 Å². The molecule has 0 amide bonds. The van der Waals surface area contributed by atoms with Crippen molar-refractivity contribution < 1.29 is 4.92 Å². The van der Waals surface area contributed by atoms with Crippen molar-refractivity contribution in [3.63, 3.8) is 0 Å². The molecule has 2 aromatic rings. The Hall–Kier alpha value is -2.15. The second kappa shape index (κ2) is 6.85. The van der Waals surface area contributed by atoms with E-state index in [1.165, 1.54) is 12.1 Å². The number of nitro groups is 1. The third kappa shape index (κ3) is 3.92. The van der Waals surface area contributed by atoms with Crippen molar-refractivity contribution in [2.24, 2.45) is 0 Å². The van der Waals surface area contributed by atoms with Crippen LogP contribution in [0.3, 0.4) is 0 Å². The van der Waals surface area contributed by atoms with Crippen LogP contribution in [0.2, 0.25) is 5.02 Å². The molecule has 106 valence electrons. The van der Waals surface area contributed by atoms with Gasteiger partial charge >= 0.3 is 0 Å². The minimum absolute atomic E-state index is 0.00634. The van der Waals surface area contributed by atoms with Gasteiger partial charge in [-0.25, -0.2) is 0 Å². The average Bonchev–Trinajstić information content (AvgIpc) is 2.93. The van der Waals surface area contributed by atoms with E-state index < -0.39 is 4.92 Å². The average molecular weight is 296 g/mol. The lowest BCUT2D eigenvalue weighted by Crippen LogP contribution is -2.04. The molecule has 0 bridgehead atoms. The summed E-state index contributed by atoms with van der Waals surface area (Å²) in [5, 5.41) is 21.6. The fraction of sp³-hybridized carbons (Fsp3) is 0.333. The molecule has 1 aromatic heterocycles. The highest BCUT2D eigenvalue weighted by Gasteiger charge is 2.08. The van der Waals surface area contributed by atoms with E-state index in [9.17, 15) is 10.1 Å². The molecule has 0 fully saturated rings. The Kier molecular flexibility index (Phi) is 4.89. The highest BCUT2D eigenvalue weighted by atomic mass is 35.5. The number of nitrogens with zero attached hydrogens (tertiary/aromatic N) is 4. The monoisotopic (exact) mass is 295 g/mol. The van der Waals surface area contributed by atoms with Crippen LogP contribution in [0, 0.1) is 10.1 Å². The summed E-state index contributed by atoms with van der Waals surface area (Å²) in [7, 11) is 0. The molecule has 0 unspecified atom stereocenters. The number of hydrogen-bond donors (Lipinski definition) is 1. The molecule has 8 heteroatoms. The Bertz CT molecular complexity index is 573. The molecule has 0 radical (unpaired) electrons. The van der Waals surface area contributed by atoms with Crippen LogP contribution < -0.4 is 5.32 Å². The molecule has 0 spiro atoms. The second-order valence-electron chi connectivity index (χ2n) is 4.25. The predicted octanol–water partition coefficient (Wildman–Crippen LogP) is 2.73. The van der Waals surface area contributed by atoms with E-state index in [0.717, 1.165) is 25.9 Å². The maximum absolute atomic E-state index is 10.6. The summed E-state index contributed by atoms with van der Waals surface area (Å²) in [6.45, 7) is 1.61. The van der Waals surface area contributed by atoms with Gasteiger partial charge in [-0.3, -0.25) is 10.1 Å². The summed E-state index contributed by atoms with van der Waals surface area (Å²) < 4.78 is 1.92. The van der Waals surface area contributed by atoms with Crippen molar-refractivity contribution >= 4 is 23.0 Å². The van der Waals surface area contributed by atoms with Gasteiger partial charge in [0.1, 0.15) is 12.7 Å². The molecule has 0 saturated carbocycles. The maximum atomic E-state index is 10.6. The zero-order chi connectivity index (χ0) is 14.4. The zero-order valence-electron chi connectivity index (χ0n) is 10.7. The lowest BCUT2D eigenvalue weighted by atomic mass is 10.2. The number of anilines is 1. The van der Waals surface area contributed by atoms with Crippen LogP contribution >= 0.6 is 11.6 Å². The Morgan fingerprint density at radius 1 is 1.30 bits per heavy atom. The minimum atomic E-state index is -0.463. The maximum Gasteiger partial charge on any atom is 0.271 e. The number of nitrogens with one attached hydrogen (secondary N) is 1. The van der Waals surface area contributed by atoms with Gasteiger partial charge < -0.3 is 9.88 Å². The number of hydrogen-bond acceptors (Lipinski definition) is 5. The van der Waals surface area contributed by atoms with Crippen LogP contribution in [0.1, 0.15) is 12.8 Å². The smallest absolute Gasteiger partial charge is 0.271 e. The number of aromatic nitrogens is 3. The molecule has 1 heterocycles. The Balaban J connectivity index is 1.75. The second-order valence-corrected chi connectivity index (χ2v) is 4.66. The Morgan fingerprint density at radius 2 is 2.05 bits per heavy atom. The number of aryl methyl sites for hydroxylation is 1. The third-order valence-corrected chi connectivity index (χ3v) is 3.10. The number of nitro benzene ring substituents is 1. The molecule has 2 rings (SSSR count). The van der Waals surface area contributed by atoms with Gasteiger partial charge in [0.15, 0.2) is 0 Å². The van der Waals surface area contributed by atoms with E-state index in [1.54, 1.807) is 18.7 Å². The molecule has 0 saturated heterocycles. The summed E-state index contributed by atoms with van der Waals surface area (Å²) in [6, 6.07) is 4.41. The standard InChI is InChI=1S/C12H14ClN5O2/c13-11-7-10(18(19)20)3-4-12(11)14-5-1-2-6-17-8-15-16-9-17/h3-4,7-9,14H,1-2,5-6H2. The van der Waals surface area contributed by atoms with Crippen LogP contribution in [-0.4, -0.2) is 26.2 Å². The van der Waals surface area contributed by atoms with Gasteiger partial charge in [-0.1, -0.05) is 11.6 Å². The molecular formula is C12H14ClN5O2. The van der Waals surface area contributed by atoms with E-state index in [2.05, 4.69) is 15.5 Å². The van der Waals surface area contributed by atoms with Gasteiger partial charge in [-0.05, 0) is 18.9 Å². The fourth-order valence-electron chi connectivity index (χ4n) is 1.74. The molecular weight excluding hydrogens is 282 g/mol. The summed E-state index contributed by atoms with van der Waals surface area (Å²) >= 11 is 5.98. The molecule has 0 aliphatic heterocycles. The highest BCUT2D eigenvalue weighted by Crippen LogP contribution is 2.26. The van der Waals surface area contributed by atoms with Crippen molar-refractivity contribution in [3.8, 4) is 0 Å². The van der Waals surface area contributed by atoms with Crippen LogP contribution in [0.15, 0.2) is 30.9 Å². The largest absolute Gasteiger partial charge is 0.384 e. The van der Waals surface area contributed by atoms with Gasteiger partial charge in [0, 0.05) is 25.2 Å². The van der Waals surface area contributed by atoms with Crippen LogP contribution in [0.25, 0.3) is 0 Å². The number of halogens is 1. The quantitative estimate of drug-likeness (QED) is 0.482. The van der Waals surface area contributed by atoms with Gasteiger partial charge in [0.25, 0.3) is 5.69 Å². The predicted molar refractivity (Wildman–Crippen MR) is 75.9 cm³/mol. The van der Waals surface area contributed by atoms with Crippen molar-refractivity contribution in [3.05, 3.63) is 46.0 Å². The Labute approximate surface area is 120 Å². The first kappa shape index (κ1) is 14.3. The first-order valence-corrected chi connectivity index (χ1v) is 6.55. The molecule has 20 heavy (non-hydrogen) atoms. The first-order valence-electron chi connectivity index (χ1n) is 6.17. The molecule has 0 aliphatic rings. The fourth-order valence-corrected chi connectivity index (χ4v) is 1.98. The third-order valence-electron chi connectivity index (χ3n) is 2.79. The van der Waals surface area contributed by atoms with E-state index >= 15 is 0 Å².